The molecule has 1 aromatic carbocycles. The van der Waals surface area contributed by atoms with Gasteiger partial charge in [0, 0.05) is 19.0 Å². The Balaban J connectivity index is 2.08. The molecule has 22 heavy (non-hydrogen) atoms. The number of carbonyl (C=O) groups excluding carboxylic acids is 1. The van der Waals surface area contributed by atoms with Crippen LogP contribution < -0.4 is 0 Å². The summed E-state index contributed by atoms with van der Waals surface area (Å²) in [5.41, 5.74) is -0.606. The third-order valence-electron chi connectivity index (χ3n) is 4.36. The second kappa shape index (κ2) is 6.32. The molecule has 1 saturated heterocycles. The highest BCUT2D eigenvalue weighted by molar-refractivity contribution is 5.78. The molecule has 1 fully saturated rings. The minimum absolute atomic E-state index is 0.0964. The molecule has 0 aliphatic carbocycles. The summed E-state index contributed by atoms with van der Waals surface area (Å²) in [7, 11) is 0. The van der Waals surface area contributed by atoms with E-state index in [0.29, 0.717) is 12.1 Å². The van der Waals surface area contributed by atoms with Crippen molar-refractivity contribution in [3.8, 4) is 0 Å². The summed E-state index contributed by atoms with van der Waals surface area (Å²) >= 11 is 0. The van der Waals surface area contributed by atoms with Gasteiger partial charge in [-0.1, -0.05) is 13.0 Å². The predicted molar refractivity (Wildman–Crippen MR) is 80.4 cm³/mol. The lowest BCUT2D eigenvalue weighted by Gasteiger charge is -2.34. The number of hydrogen-bond donors (Lipinski definition) is 1. The van der Waals surface area contributed by atoms with E-state index in [9.17, 15) is 18.7 Å². The Morgan fingerprint density at radius 2 is 2.14 bits per heavy atom. The number of aliphatic hydroxyl groups is 1. The van der Waals surface area contributed by atoms with Crippen molar-refractivity contribution in [1.29, 1.82) is 0 Å². The average molecular weight is 311 g/mol. The summed E-state index contributed by atoms with van der Waals surface area (Å²) in [6.07, 6.45) is 1.78. The lowest BCUT2D eigenvalue weighted by atomic mass is 9.94. The highest BCUT2D eigenvalue weighted by Gasteiger charge is 2.38. The number of rotatable bonds is 4. The van der Waals surface area contributed by atoms with Crippen LogP contribution in [0.15, 0.2) is 18.2 Å². The summed E-state index contributed by atoms with van der Waals surface area (Å²) in [5.74, 6) is -1.68. The monoisotopic (exact) mass is 311 g/mol. The minimum atomic E-state index is -0.948. The van der Waals surface area contributed by atoms with E-state index in [0.717, 1.165) is 18.9 Å². The van der Waals surface area contributed by atoms with Gasteiger partial charge in [-0.15, -0.1) is 0 Å². The fourth-order valence-electron chi connectivity index (χ4n) is 3.19. The van der Waals surface area contributed by atoms with Gasteiger partial charge >= 0.3 is 0 Å². The summed E-state index contributed by atoms with van der Waals surface area (Å²) < 4.78 is 26.7. The summed E-state index contributed by atoms with van der Waals surface area (Å²) in [5, 5.41) is 10.2. The quantitative estimate of drug-likeness (QED) is 0.927. The Hall–Kier alpha value is -1.49. The van der Waals surface area contributed by atoms with Crippen LogP contribution in [0.1, 0.15) is 51.5 Å². The maximum Gasteiger partial charge on any atom is 0.223 e. The highest BCUT2D eigenvalue weighted by atomic mass is 19.1. The summed E-state index contributed by atoms with van der Waals surface area (Å²) in [6.45, 7) is 5.77. The lowest BCUT2D eigenvalue weighted by Crippen LogP contribution is -2.48. The van der Waals surface area contributed by atoms with Crippen LogP contribution in [0.4, 0.5) is 8.78 Å². The molecule has 1 heterocycles. The first-order chi connectivity index (χ1) is 10.2. The molecule has 0 radical (unpaired) electrons. The second-order valence-corrected chi connectivity index (χ2v) is 6.67. The van der Waals surface area contributed by atoms with Gasteiger partial charge in [0.25, 0.3) is 0 Å². The van der Waals surface area contributed by atoms with Gasteiger partial charge in [-0.3, -0.25) is 4.79 Å². The number of carbonyl (C=O) groups is 1. The second-order valence-electron chi connectivity index (χ2n) is 6.67. The van der Waals surface area contributed by atoms with Crippen molar-refractivity contribution in [2.75, 3.05) is 6.54 Å². The first kappa shape index (κ1) is 16.9. The van der Waals surface area contributed by atoms with Crippen molar-refractivity contribution in [2.24, 2.45) is 0 Å². The molecule has 1 amide bonds. The molecule has 1 aromatic rings. The standard InChI is InChI=1S/C17H23F2NO2/c1-11(13-7-6-12(18)10-14(13)19)9-16(21)20-8-4-5-15(20)17(2,3)22/h6-7,10-11,15,22H,4-5,8-9H2,1-3H3. The van der Waals surface area contributed by atoms with Crippen molar-refractivity contribution >= 4 is 5.91 Å². The number of benzene rings is 1. The number of amides is 1. The van der Waals surface area contributed by atoms with Crippen LogP contribution in [0, 0.1) is 11.6 Å². The Labute approximate surface area is 129 Å². The highest BCUT2D eigenvalue weighted by Crippen LogP contribution is 2.30. The molecule has 2 unspecified atom stereocenters. The van der Waals surface area contributed by atoms with Crippen LogP contribution >= 0.6 is 0 Å². The predicted octanol–water partition coefficient (Wildman–Crippen LogP) is 3.22. The van der Waals surface area contributed by atoms with Gasteiger partial charge in [0.1, 0.15) is 11.6 Å². The molecule has 0 saturated carbocycles. The van der Waals surface area contributed by atoms with Gasteiger partial charge in [-0.05, 0) is 44.2 Å². The first-order valence-corrected chi connectivity index (χ1v) is 7.67. The zero-order valence-electron chi connectivity index (χ0n) is 13.3. The van der Waals surface area contributed by atoms with Crippen LogP contribution in [0.5, 0.6) is 0 Å². The molecule has 122 valence electrons. The molecule has 2 atom stereocenters. The van der Waals surface area contributed by atoms with Crippen molar-refractivity contribution in [3.05, 3.63) is 35.4 Å². The van der Waals surface area contributed by atoms with Crippen LogP contribution in [0.3, 0.4) is 0 Å². The third-order valence-corrected chi connectivity index (χ3v) is 4.36. The Morgan fingerprint density at radius 3 is 2.73 bits per heavy atom. The van der Waals surface area contributed by atoms with Gasteiger partial charge in [0.2, 0.25) is 5.91 Å². The van der Waals surface area contributed by atoms with Gasteiger partial charge in [-0.2, -0.15) is 0 Å². The zero-order chi connectivity index (χ0) is 16.5. The molecule has 0 spiro atoms. The molecular formula is C17H23F2NO2. The van der Waals surface area contributed by atoms with E-state index in [1.807, 2.05) is 0 Å². The van der Waals surface area contributed by atoms with E-state index in [-0.39, 0.29) is 24.3 Å². The van der Waals surface area contributed by atoms with Crippen LogP contribution in [-0.2, 0) is 4.79 Å². The number of hydrogen-bond acceptors (Lipinski definition) is 2. The van der Waals surface area contributed by atoms with Crippen LogP contribution in [-0.4, -0.2) is 34.1 Å². The molecular weight excluding hydrogens is 288 g/mol. The molecule has 1 aliphatic rings. The Kier molecular flexibility index (Phi) is 4.85. The van der Waals surface area contributed by atoms with Gasteiger partial charge < -0.3 is 10.0 Å². The van der Waals surface area contributed by atoms with E-state index < -0.39 is 17.2 Å². The fourth-order valence-corrected chi connectivity index (χ4v) is 3.19. The lowest BCUT2D eigenvalue weighted by molar-refractivity contribution is -0.137. The van der Waals surface area contributed by atoms with E-state index in [4.69, 9.17) is 0 Å². The third kappa shape index (κ3) is 3.64. The molecule has 0 bridgehead atoms. The van der Waals surface area contributed by atoms with Gasteiger partial charge in [0.15, 0.2) is 0 Å². The molecule has 5 heteroatoms. The molecule has 3 nitrogen and oxygen atoms in total. The topological polar surface area (TPSA) is 40.5 Å². The average Bonchev–Trinajstić information content (AvgIpc) is 2.87. The van der Waals surface area contributed by atoms with E-state index in [1.54, 1.807) is 25.7 Å². The SMILES string of the molecule is CC(CC(=O)N1CCCC1C(C)(C)O)c1ccc(F)cc1F. The van der Waals surface area contributed by atoms with Crippen molar-refractivity contribution in [3.63, 3.8) is 0 Å². The van der Waals surface area contributed by atoms with E-state index in [1.165, 1.54) is 12.1 Å². The minimum Gasteiger partial charge on any atom is -0.388 e. The van der Waals surface area contributed by atoms with Crippen LogP contribution in [0.25, 0.3) is 0 Å². The largest absolute Gasteiger partial charge is 0.388 e. The number of halogens is 2. The van der Waals surface area contributed by atoms with Gasteiger partial charge in [-0.25, -0.2) is 8.78 Å². The Bertz CT molecular complexity index is 554. The summed E-state index contributed by atoms with van der Waals surface area (Å²) in [6, 6.07) is 3.23. The first-order valence-electron chi connectivity index (χ1n) is 7.67. The maximum atomic E-state index is 13.8. The molecule has 0 aromatic heterocycles. The number of likely N-dealkylation sites (tertiary alicyclic amines) is 1. The Morgan fingerprint density at radius 1 is 1.45 bits per heavy atom. The fraction of sp³-hybridized carbons (Fsp3) is 0.588. The zero-order valence-corrected chi connectivity index (χ0v) is 13.3. The molecule has 2 rings (SSSR count). The maximum absolute atomic E-state index is 13.8. The smallest absolute Gasteiger partial charge is 0.223 e. The van der Waals surface area contributed by atoms with Crippen molar-refractivity contribution in [1.82, 2.24) is 4.90 Å². The van der Waals surface area contributed by atoms with E-state index in [2.05, 4.69) is 0 Å². The number of nitrogens with zero attached hydrogens (tertiary/aromatic N) is 1. The normalized spacial score (nSPS) is 20.3. The van der Waals surface area contributed by atoms with Crippen molar-refractivity contribution < 1.29 is 18.7 Å². The van der Waals surface area contributed by atoms with Gasteiger partial charge in [0.05, 0.1) is 11.6 Å². The summed E-state index contributed by atoms with van der Waals surface area (Å²) in [4.78, 5) is 14.2. The van der Waals surface area contributed by atoms with Crippen molar-refractivity contribution in [2.45, 2.75) is 57.6 Å². The van der Waals surface area contributed by atoms with Crippen LogP contribution in [0.2, 0.25) is 0 Å². The molecule has 1 aliphatic heterocycles. The van der Waals surface area contributed by atoms with E-state index >= 15 is 0 Å². The molecule has 1 N–H and O–H groups in total.